The van der Waals surface area contributed by atoms with Crippen LogP contribution in [0.4, 0.5) is 5.82 Å². The molecule has 1 aromatic carbocycles. The van der Waals surface area contributed by atoms with Crippen molar-refractivity contribution in [2.45, 2.75) is 32.9 Å². The maximum absolute atomic E-state index is 10.6. The first-order valence-corrected chi connectivity index (χ1v) is 9.87. The molecule has 0 spiro atoms. The monoisotopic (exact) mass is 432 g/mol. The van der Waals surface area contributed by atoms with Crippen LogP contribution in [0.3, 0.4) is 0 Å². The third kappa shape index (κ3) is 4.98. The van der Waals surface area contributed by atoms with E-state index in [-0.39, 0.29) is 6.61 Å². The number of methoxy groups -OCH3 is 1. The first kappa shape index (κ1) is 21.8. The third-order valence-corrected chi connectivity index (χ3v) is 4.71. The van der Waals surface area contributed by atoms with E-state index < -0.39 is 12.6 Å². The van der Waals surface area contributed by atoms with Crippen molar-refractivity contribution < 1.29 is 19.4 Å². The minimum absolute atomic E-state index is 0.0482. The lowest BCUT2D eigenvalue weighted by atomic mass is 10.2. The van der Waals surface area contributed by atoms with Crippen LogP contribution in [0.2, 0.25) is 5.02 Å². The lowest BCUT2D eigenvalue weighted by Crippen LogP contribution is -2.27. The molecule has 9 nitrogen and oxygen atoms in total. The Balaban J connectivity index is 1.92. The molecule has 0 aliphatic heterocycles. The van der Waals surface area contributed by atoms with Crippen LogP contribution in [-0.4, -0.2) is 39.4 Å². The number of carboxylic acid groups (broad SMARTS) is 1. The van der Waals surface area contributed by atoms with Gasteiger partial charge < -0.3 is 24.7 Å². The number of aryl methyl sites for hydroxylation is 2. The van der Waals surface area contributed by atoms with Gasteiger partial charge in [0.05, 0.1) is 30.4 Å². The summed E-state index contributed by atoms with van der Waals surface area (Å²) in [6.45, 7) is 1.96. The fourth-order valence-corrected chi connectivity index (χ4v) is 3.39. The van der Waals surface area contributed by atoms with Gasteiger partial charge in [0.25, 0.3) is 0 Å². The van der Waals surface area contributed by atoms with Crippen LogP contribution in [0.15, 0.2) is 18.2 Å². The number of carbonyl (C=O) groups is 1. The number of aliphatic carboxylic acids is 1. The Labute approximate surface area is 179 Å². The zero-order valence-corrected chi connectivity index (χ0v) is 17.8. The van der Waals surface area contributed by atoms with E-state index in [2.05, 4.69) is 27.3 Å². The van der Waals surface area contributed by atoms with E-state index >= 15 is 0 Å². The number of hydrogen-bond acceptors (Lipinski definition) is 8. The van der Waals surface area contributed by atoms with E-state index in [4.69, 9.17) is 21.1 Å². The van der Waals surface area contributed by atoms with Crippen molar-refractivity contribution in [3.63, 3.8) is 0 Å². The number of nitrogens with one attached hydrogen (secondary N) is 1. The van der Waals surface area contributed by atoms with Gasteiger partial charge in [0.2, 0.25) is 0 Å². The molecule has 0 unspecified atom stereocenters. The normalized spacial score (nSPS) is 11.1. The predicted molar refractivity (Wildman–Crippen MR) is 110 cm³/mol. The van der Waals surface area contributed by atoms with Gasteiger partial charge in [0.15, 0.2) is 11.6 Å². The Kier molecular flexibility index (Phi) is 7.07. The van der Waals surface area contributed by atoms with Gasteiger partial charge in [0, 0.05) is 13.6 Å². The lowest BCUT2D eigenvalue weighted by Gasteiger charge is -2.11. The molecule has 2 aromatic heterocycles. The van der Waals surface area contributed by atoms with Crippen LogP contribution in [0, 0.1) is 0 Å². The molecular formula is C20H23ClN5O4-. The molecule has 30 heavy (non-hydrogen) atoms. The molecular weight excluding hydrogens is 410 g/mol. The van der Waals surface area contributed by atoms with E-state index in [1.165, 1.54) is 0 Å². The first-order valence-electron chi connectivity index (χ1n) is 9.49. The molecule has 0 saturated carbocycles. The number of rotatable bonds is 10. The van der Waals surface area contributed by atoms with E-state index in [0.717, 1.165) is 35.1 Å². The van der Waals surface area contributed by atoms with Crippen LogP contribution in [-0.2, 0) is 36.2 Å². The van der Waals surface area contributed by atoms with Gasteiger partial charge in [-0.1, -0.05) is 31.0 Å². The Morgan fingerprint density at radius 3 is 2.80 bits per heavy atom. The molecule has 0 saturated heterocycles. The second kappa shape index (κ2) is 9.73. The van der Waals surface area contributed by atoms with E-state index in [9.17, 15) is 9.90 Å². The Bertz CT molecular complexity index is 1050. The van der Waals surface area contributed by atoms with Crippen LogP contribution < -0.4 is 15.2 Å². The second-order valence-electron chi connectivity index (χ2n) is 6.69. The van der Waals surface area contributed by atoms with Crippen molar-refractivity contribution in [2.24, 2.45) is 7.05 Å². The third-order valence-electron chi connectivity index (χ3n) is 4.41. The van der Waals surface area contributed by atoms with Crippen molar-refractivity contribution in [1.29, 1.82) is 0 Å². The Morgan fingerprint density at radius 2 is 2.13 bits per heavy atom. The largest absolute Gasteiger partial charge is 0.548 e. The van der Waals surface area contributed by atoms with Gasteiger partial charge in [-0.05, 0) is 24.1 Å². The van der Waals surface area contributed by atoms with E-state index in [1.807, 2.05) is 19.2 Å². The highest BCUT2D eigenvalue weighted by Gasteiger charge is 2.17. The minimum atomic E-state index is -1.29. The summed E-state index contributed by atoms with van der Waals surface area (Å²) in [6, 6.07) is 5.53. The lowest BCUT2D eigenvalue weighted by molar-refractivity contribution is -0.309. The van der Waals surface area contributed by atoms with Crippen molar-refractivity contribution in [3.05, 3.63) is 40.3 Å². The number of ether oxygens (including phenoxy) is 2. The second-order valence-corrected chi connectivity index (χ2v) is 7.10. The molecule has 2 heterocycles. The number of hydrogen-bond donors (Lipinski definition) is 1. The van der Waals surface area contributed by atoms with Crippen molar-refractivity contribution >= 4 is 34.4 Å². The standard InChI is InChI=1S/C20H24ClN5O4/c1-4-5-14-18-19(26(2)25-14)20(24-16(23-18)10-30-11-17(27)28)22-9-12-6-7-15(29-3)13(21)8-12/h6-8H,4-5,9-11H2,1-3H3,(H,27,28)(H,22,23,24)/p-1. The molecule has 3 aromatic rings. The summed E-state index contributed by atoms with van der Waals surface area (Å²) in [5.41, 5.74) is 3.28. The number of halogens is 1. The summed E-state index contributed by atoms with van der Waals surface area (Å²) in [6.07, 6.45) is 1.68. The zero-order valence-electron chi connectivity index (χ0n) is 17.1. The molecule has 0 radical (unpaired) electrons. The van der Waals surface area contributed by atoms with Gasteiger partial charge in [-0.3, -0.25) is 4.68 Å². The van der Waals surface area contributed by atoms with Crippen LogP contribution in [0.25, 0.3) is 11.0 Å². The maximum Gasteiger partial charge on any atom is 0.157 e. The number of nitrogens with zero attached hydrogens (tertiary/aromatic N) is 4. The molecule has 0 atom stereocenters. The summed E-state index contributed by atoms with van der Waals surface area (Å²) in [5.74, 6) is 0.257. The summed E-state index contributed by atoms with van der Waals surface area (Å²) < 4.78 is 12.1. The summed E-state index contributed by atoms with van der Waals surface area (Å²) >= 11 is 6.22. The molecule has 10 heteroatoms. The smallest absolute Gasteiger partial charge is 0.157 e. The number of anilines is 1. The van der Waals surface area contributed by atoms with Crippen molar-refractivity contribution in [3.8, 4) is 5.75 Å². The average Bonchev–Trinajstić information content (AvgIpc) is 3.02. The van der Waals surface area contributed by atoms with Gasteiger partial charge in [0.1, 0.15) is 23.4 Å². The summed E-state index contributed by atoms with van der Waals surface area (Å²) in [5, 5.41) is 19.0. The highest BCUT2D eigenvalue weighted by atomic mass is 35.5. The summed E-state index contributed by atoms with van der Waals surface area (Å²) in [4.78, 5) is 19.7. The van der Waals surface area contributed by atoms with Gasteiger partial charge in [-0.15, -0.1) is 0 Å². The zero-order chi connectivity index (χ0) is 21.7. The van der Waals surface area contributed by atoms with E-state index in [1.54, 1.807) is 17.9 Å². The first-order chi connectivity index (χ1) is 14.4. The fourth-order valence-electron chi connectivity index (χ4n) is 3.11. The molecule has 1 N–H and O–H groups in total. The topological polar surface area (TPSA) is 114 Å². The molecule has 0 amide bonds. The Morgan fingerprint density at radius 1 is 1.33 bits per heavy atom. The van der Waals surface area contributed by atoms with Crippen molar-refractivity contribution in [2.75, 3.05) is 19.0 Å². The van der Waals surface area contributed by atoms with Crippen LogP contribution in [0.1, 0.15) is 30.4 Å². The van der Waals surface area contributed by atoms with E-state index in [0.29, 0.717) is 29.0 Å². The molecule has 0 aliphatic rings. The number of aromatic nitrogens is 4. The van der Waals surface area contributed by atoms with Crippen molar-refractivity contribution in [1.82, 2.24) is 19.7 Å². The van der Waals surface area contributed by atoms with Gasteiger partial charge in [-0.2, -0.15) is 5.10 Å². The highest BCUT2D eigenvalue weighted by Crippen LogP contribution is 2.27. The van der Waals surface area contributed by atoms with Crippen LogP contribution >= 0.6 is 11.6 Å². The highest BCUT2D eigenvalue weighted by molar-refractivity contribution is 6.32. The fraction of sp³-hybridized carbons (Fsp3) is 0.400. The number of carbonyl (C=O) groups excluding carboxylic acids is 1. The average molecular weight is 433 g/mol. The SMILES string of the molecule is CCCc1nn(C)c2c(NCc3ccc(OC)c(Cl)c3)nc(COCC(=O)[O-])nc12. The molecule has 0 fully saturated rings. The Hall–Kier alpha value is -2.91. The minimum Gasteiger partial charge on any atom is -0.548 e. The molecule has 160 valence electrons. The number of carboxylic acids is 1. The van der Waals surface area contributed by atoms with Crippen LogP contribution in [0.5, 0.6) is 5.75 Å². The number of fused-ring (bicyclic) bond motifs is 1. The maximum atomic E-state index is 10.6. The predicted octanol–water partition coefficient (Wildman–Crippen LogP) is 1.86. The molecule has 0 aliphatic carbocycles. The van der Waals surface area contributed by atoms with Gasteiger partial charge >= 0.3 is 0 Å². The molecule has 3 rings (SSSR count). The summed E-state index contributed by atoms with van der Waals surface area (Å²) in [7, 11) is 3.41. The molecule has 0 bridgehead atoms. The number of benzene rings is 1. The van der Waals surface area contributed by atoms with Gasteiger partial charge in [-0.25, -0.2) is 9.97 Å². The quantitative estimate of drug-likeness (QED) is 0.516.